The van der Waals surface area contributed by atoms with Gasteiger partial charge in [0.05, 0.1) is 0 Å². The number of carbonyl (C=O) groups excluding carboxylic acids is 1. The molecule has 0 aliphatic heterocycles. The van der Waals surface area contributed by atoms with Gasteiger partial charge in [-0.25, -0.2) is 0 Å². The van der Waals surface area contributed by atoms with Crippen LogP contribution in [0.15, 0.2) is 0 Å². The number of carbonyl (C=O) groups is 2. The number of nitrogens with one attached hydrogen (secondary N) is 1. The zero-order valence-corrected chi connectivity index (χ0v) is 11.6. The monoisotopic (exact) mass is 271 g/mol. The zero-order chi connectivity index (χ0) is 13.2. The molecule has 0 bridgehead atoms. The molecule has 4 nitrogen and oxygen atoms in total. The van der Waals surface area contributed by atoms with Gasteiger partial charge in [0, 0.05) is 11.3 Å². The van der Waals surface area contributed by atoms with E-state index >= 15 is 0 Å². The van der Waals surface area contributed by atoms with Crippen LogP contribution in [0.3, 0.4) is 0 Å². The average Bonchev–Trinajstić information content (AvgIpc) is 2.27. The third-order valence-corrected chi connectivity index (χ3v) is 5.44. The van der Waals surface area contributed by atoms with E-state index < -0.39 is 11.4 Å². The average molecular weight is 271 g/mol. The van der Waals surface area contributed by atoms with Gasteiger partial charge in [0.25, 0.3) is 0 Å². The number of aliphatic carboxylic acids is 1. The van der Waals surface area contributed by atoms with Crippen molar-refractivity contribution >= 4 is 23.6 Å². The molecule has 2 unspecified atom stereocenters. The van der Waals surface area contributed by atoms with E-state index in [-0.39, 0.29) is 11.9 Å². The van der Waals surface area contributed by atoms with Crippen LogP contribution in [0.1, 0.15) is 44.9 Å². The van der Waals surface area contributed by atoms with Crippen LogP contribution in [0, 0.1) is 5.41 Å². The molecule has 0 aromatic rings. The Hall–Kier alpha value is -0.710. The van der Waals surface area contributed by atoms with E-state index in [1.807, 2.05) is 11.8 Å². The van der Waals surface area contributed by atoms with Crippen LogP contribution in [0.2, 0.25) is 0 Å². The summed E-state index contributed by atoms with van der Waals surface area (Å²) >= 11 is 1.84. The lowest BCUT2D eigenvalue weighted by Gasteiger charge is -2.38. The van der Waals surface area contributed by atoms with Crippen LogP contribution in [-0.2, 0) is 9.59 Å². The van der Waals surface area contributed by atoms with Crippen molar-refractivity contribution in [3.05, 3.63) is 0 Å². The quantitative estimate of drug-likeness (QED) is 0.768. The van der Waals surface area contributed by atoms with E-state index in [9.17, 15) is 14.7 Å². The Morgan fingerprint density at radius 3 is 2.50 bits per heavy atom. The predicted octanol–water partition coefficient (Wildman–Crippen LogP) is 2.03. The van der Waals surface area contributed by atoms with Gasteiger partial charge in [-0.3, -0.25) is 9.59 Å². The smallest absolute Gasteiger partial charge is 0.319 e. The molecular weight excluding hydrogens is 250 g/mol. The fourth-order valence-corrected chi connectivity index (χ4v) is 3.71. The van der Waals surface area contributed by atoms with Gasteiger partial charge in [0.1, 0.15) is 5.41 Å². The summed E-state index contributed by atoms with van der Waals surface area (Å²) in [5.41, 5.74) is -1.12. The van der Waals surface area contributed by atoms with Crippen molar-refractivity contribution in [2.75, 3.05) is 6.26 Å². The molecule has 0 aromatic carbocycles. The minimum absolute atomic E-state index is 0.167. The number of rotatable bonds is 4. The van der Waals surface area contributed by atoms with Crippen molar-refractivity contribution in [2.24, 2.45) is 5.41 Å². The van der Waals surface area contributed by atoms with Gasteiger partial charge in [0.2, 0.25) is 5.91 Å². The molecule has 2 atom stereocenters. The summed E-state index contributed by atoms with van der Waals surface area (Å²) in [6.45, 7) is 0. The Labute approximate surface area is 112 Å². The molecule has 18 heavy (non-hydrogen) atoms. The summed E-state index contributed by atoms with van der Waals surface area (Å²) in [5.74, 6) is -1.21. The van der Waals surface area contributed by atoms with Crippen molar-refractivity contribution in [3.63, 3.8) is 0 Å². The standard InChI is InChI=1S/C13H21NO3S/c1-18-10-5-2-4-9(8-10)14-11(15)13(12(16)17)6-3-7-13/h9-10H,2-8H2,1H3,(H,14,15)(H,16,17). The van der Waals surface area contributed by atoms with Gasteiger partial charge < -0.3 is 10.4 Å². The Bertz CT molecular complexity index is 341. The van der Waals surface area contributed by atoms with E-state index in [2.05, 4.69) is 11.6 Å². The number of carboxylic acid groups (broad SMARTS) is 1. The maximum atomic E-state index is 12.2. The van der Waals surface area contributed by atoms with Gasteiger partial charge in [-0.2, -0.15) is 11.8 Å². The van der Waals surface area contributed by atoms with Gasteiger partial charge in [-0.15, -0.1) is 0 Å². The number of thioether (sulfide) groups is 1. The molecule has 0 spiro atoms. The van der Waals surface area contributed by atoms with Gasteiger partial charge >= 0.3 is 5.97 Å². The van der Waals surface area contributed by atoms with Crippen molar-refractivity contribution in [1.29, 1.82) is 0 Å². The molecule has 2 rings (SSSR count). The Morgan fingerprint density at radius 2 is 2.00 bits per heavy atom. The summed E-state index contributed by atoms with van der Waals surface area (Å²) < 4.78 is 0. The second-order valence-electron chi connectivity index (χ2n) is 5.44. The largest absolute Gasteiger partial charge is 0.480 e. The third kappa shape index (κ3) is 2.51. The SMILES string of the molecule is CSC1CCCC(NC(=O)C2(C(=O)O)CCC2)C1. The molecule has 2 saturated carbocycles. The summed E-state index contributed by atoms with van der Waals surface area (Å²) in [6, 6.07) is 0.167. The minimum atomic E-state index is -1.12. The Morgan fingerprint density at radius 1 is 1.28 bits per heavy atom. The summed E-state index contributed by atoms with van der Waals surface area (Å²) in [6.07, 6.45) is 8.21. The maximum absolute atomic E-state index is 12.2. The summed E-state index contributed by atoms with van der Waals surface area (Å²) in [4.78, 5) is 23.4. The predicted molar refractivity (Wildman–Crippen MR) is 71.6 cm³/mol. The van der Waals surface area contributed by atoms with Crippen molar-refractivity contribution in [2.45, 2.75) is 56.2 Å². The highest BCUT2D eigenvalue weighted by Crippen LogP contribution is 2.41. The summed E-state index contributed by atoms with van der Waals surface area (Å²) in [7, 11) is 0. The van der Waals surface area contributed by atoms with Crippen LogP contribution >= 0.6 is 11.8 Å². The van der Waals surface area contributed by atoms with Crippen LogP contribution in [-0.4, -0.2) is 34.5 Å². The second-order valence-corrected chi connectivity index (χ2v) is 6.57. The normalized spacial score (nSPS) is 30.3. The van der Waals surface area contributed by atoms with Crippen LogP contribution in [0.5, 0.6) is 0 Å². The fraction of sp³-hybridized carbons (Fsp3) is 0.846. The molecule has 2 fully saturated rings. The highest BCUT2D eigenvalue weighted by molar-refractivity contribution is 7.99. The van der Waals surface area contributed by atoms with E-state index in [1.165, 1.54) is 6.42 Å². The van der Waals surface area contributed by atoms with Gasteiger partial charge in [-0.05, 0) is 38.4 Å². The molecule has 1 amide bonds. The first kappa shape index (κ1) is 13.7. The second kappa shape index (κ2) is 5.51. The lowest BCUT2D eigenvalue weighted by Crippen LogP contribution is -2.54. The third-order valence-electron chi connectivity index (χ3n) is 4.35. The highest BCUT2D eigenvalue weighted by atomic mass is 32.2. The first-order valence-electron chi connectivity index (χ1n) is 6.65. The molecule has 2 N–H and O–H groups in total. The maximum Gasteiger partial charge on any atom is 0.319 e. The number of hydrogen-bond donors (Lipinski definition) is 2. The Balaban J connectivity index is 1.92. The molecule has 2 aliphatic rings. The van der Waals surface area contributed by atoms with E-state index in [4.69, 9.17) is 0 Å². The number of carboxylic acids is 1. The lowest BCUT2D eigenvalue weighted by molar-refractivity contribution is -0.162. The van der Waals surface area contributed by atoms with Crippen molar-refractivity contribution in [3.8, 4) is 0 Å². The van der Waals surface area contributed by atoms with Gasteiger partial charge in [-0.1, -0.05) is 12.8 Å². The number of amides is 1. The molecular formula is C13H21NO3S. The topological polar surface area (TPSA) is 66.4 Å². The lowest BCUT2D eigenvalue weighted by atomic mass is 9.68. The summed E-state index contributed by atoms with van der Waals surface area (Å²) in [5, 5.41) is 12.8. The zero-order valence-electron chi connectivity index (χ0n) is 10.8. The molecule has 5 heteroatoms. The van der Waals surface area contributed by atoms with Crippen molar-refractivity contribution in [1.82, 2.24) is 5.32 Å². The molecule has 0 radical (unpaired) electrons. The van der Waals surface area contributed by atoms with E-state index in [0.717, 1.165) is 25.7 Å². The molecule has 0 heterocycles. The molecule has 102 valence electrons. The molecule has 0 aromatic heterocycles. The highest BCUT2D eigenvalue weighted by Gasteiger charge is 2.51. The first-order chi connectivity index (χ1) is 8.58. The Kier molecular flexibility index (Phi) is 4.20. The van der Waals surface area contributed by atoms with E-state index in [1.54, 1.807) is 0 Å². The minimum Gasteiger partial charge on any atom is -0.480 e. The molecule has 2 aliphatic carbocycles. The fourth-order valence-electron chi connectivity index (χ4n) is 2.88. The van der Waals surface area contributed by atoms with E-state index in [0.29, 0.717) is 18.1 Å². The van der Waals surface area contributed by atoms with Crippen molar-refractivity contribution < 1.29 is 14.7 Å². The molecule has 0 saturated heterocycles. The van der Waals surface area contributed by atoms with Crippen LogP contribution in [0.4, 0.5) is 0 Å². The van der Waals surface area contributed by atoms with Crippen LogP contribution in [0.25, 0.3) is 0 Å². The first-order valence-corrected chi connectivity index (χ1v) is 7.94. The van der Waals surface area contributed by atoms with Gasteiger partial charge in [0.15, 0.2) is 0 Å². The van der Waals surface area contributed by atoms with Crippen LogP contribution < -0.4 is 5.32 Å². The number of hydrogen-bond acceptors (Lipinski definition) is 3.